The van der Waals surface area contributed by atoms with Crippen LogP contribution in [0.5, 0.6) is 0 Å². The molecule has 0 heterocycles. The molecule has 3 rings (SSSR count). The Bertz CT molecular complexity index is 1040. The third-order valence-electron chi connectivity index (χ3n) is 3.98. The third-order valence-corrected chi connectivity index (χ3v) is 4.88. The first-order valence-corrected chi connectivity index (χ1v) is 9.23. The maximum atomic E-state index is 12.4. The zero-order chi connectivity index (χ0) is 18.0. The summed E-state index contributed by atoms with van der Waals surface area (Å²) in [5, 5.41) is 3.69. The second-order valence-corrected chi connectivity index (χ2v) is 7.07. The Morgan fingerprint density at radius 2 is 1.72 bits per heavy atom. The summed E-state index contributed by atoms with van der Waals surface area (Å²) in [6, 6.07) is 16.9. The lowest BCUT2D eigenvalue weighted by Crippen LogP contribution is -2.12. The summed E-state index contributed by atoms with van der Waals surface area (Å²) < 4.78 is 32.8. The summed E-state index contributed by atoms with van der Waals surface area (Å²) in [5.41, 5.74) is 1.89. The van der Waals surface area contributed by atoms with Crippen molar-refractivity contribution in [3.63, 3.8) is 0 Å². The van der Waals surface area contributed by atoms with Crippen molar-refractivity contribution in [3.05, 3.63) is 71.8 Å². The van der Waals surface area contributed by atoms with E-state index < -0.39 is 10.1 Å². The minimum Gasteiger partial charge on any atom is -0.322 e. The van der Waals surface area contributed by atoms with Gasteiger partial charge in [0.1, 0.15) is 4.90 Å². The summed E-state index contributed by atoms with van der Waals surface area (Å²) >= 11 is 0. The zero-order valence-electron chi connectivity index (χ0n) is 13.6. The molecule has 3 aromatic carbocycles. The van der Waals surface area contributed by atoms with Crippen molar-refractivity contribution >= 4 is 32.5 Å². The predicted molar refractivity (Wildman–Crippen MR) is 97.5 cm³/mol. The van der Waals surface area contributed by atoms with E-state index in [1.54, 1.807) is 42.5 Å². The van der Waals surface area contributed by atoms with E-state index in [9.17, 15) is 17.8 Å². The average Bonchev–Trinajstić information content (AvgIpc) is 2.60. The molecule has 0 spiro atoms. The standard InChI is InChI=1S/C19H17NO4S/c1-2-13-7-9-14(10-8-13)19(21)20-16-11-15-5-3-4-6-17(15)18(12-16)25(22,23)24/h3-12H,2H2,1H3,(H,20,21)(H,22,23,24). The highest BCUT2D eigenvalue weighted by atomic mass is 32.2. The summed E-state index contributed by atoms with van der Waals surface area (Å²) in [6.07, 6.45) is 0.879. The topological polar surface area (TPSA) is 83.5 Å². The van der Waals surface area contributed by atoms with Crippen LogP contribution in [0.2, 0.25) is 0 Å². The first-order valence-electron chi connectivity index (χ1n) is 7.79. The SMILES string of the molecule is CCc1ccc(C(=O)Nc2cc(S(=O)(=O)O)c3ccccc3c2)cc1. The molecule has 0 saturated heterocycles. The van der Waals surface area contributed by atoms with Gasteiger partial charge in [-0.05, 0) is 41.6 Å². The Labute approximate surface area is 146 Å². The lowest BCUT2D eigenvalue weighted by Gasteiger charge is -2.10. The highest BCUT2D eigenvalue weighted by Gasteiger charge is 2.16. The Balaban J connectivity index is 1.99. The van der Waals surface area contributed by atoms with Crippen LogP contribution in [-0.2, 0) is 16.5 Å². The summed E-state index contributed by atoms with van der Waals surface area (Å²) in [7, 11) is -4.41. The van der Waals surface area contributed by atoms with Gasteiger partial charge in [-0.1, -0.05) is 43.3 Å². The molecule has 128 valence electrons. The van der Waals surface area contributed by atoms with Gasteiger partial charge in [-0.15, -0.1) is 0 Å². The molecule has 2 N–H and O–H groups in total. The molecule has 0 fully saturated rings. The molecular weight excluding hydrogens is 338 g/mol. The molecule has 0 aliphatic heterocycles. The molecule has 0 aromatic heterocycles. The molecule has 0 unspecified atom stereocenters. The lowest BCUT2D eigenvalue weighted by atomic mass is 10.1. The van der Waals surface area contributed by atoms with Gasteiger partial charge < -0.3 is 5.32 Å². The van der Waals surface area contributed by atoms with Gasteiger partial charge in [0.15, 0.2) is 0 Å². The van der Waals surface area contributed by atoms with Crippen molar-refractivity contribution in [2.75, 3.05) is 5.32 Å². The van der Waals surface area contributed by atoms with Crippen LogP contribution < -0.4 is 5.32 Å². The first kappa shape index (κ1) is 17.1. The van der Waals surface area contributed by atoms with Gasteiger partial charge in [0.05, 0.1) is 0 Å². The van der Waals surface area contributed by atoms with Crippen LogP contribution in [0.4, 0.5) is 5.69 Å². The van der Waals surface area contributed by atoms with Crippen LogP contribution in [0, 0.1) is 0 Å². The number of carbonyl (C=O) groups is 1. The van der Waals surface area contributed by atoms with Gasteiger partial charge in [-0.3, -0.25) is 9.35 Å². The fourth-order valence-corrected chi connectivity index (χ4v) is 3.40. The fourth-order valence-electron chi connectivity index (χ4n) is 2.66. The Morgan fingerprint density at radius 1 is 1.04 bits per heavy atom. The van der Waals surface area contributed by atoms with E-state index >= 15 is 0 Å². The van der Waals surface area contributed by atoms with Gasteiger partial charge in [0.2, 0.25) is 0 Å². The van der Waals surface area contributed by atoms with Crippen LogP contribution in [0.15, 0.2) is 65.6 Å². The van der Waals surface area contributed by atoms with E-state index in [-0.39, 0.29) is 10.8 Å². The maximum absolute atomic E-state index is 12.4. The minimum absolute atomic E-state index is 0.234. The number of fused-ring (bicyclic) bond motifs is 1. The molecule has 25 heavy (non-hydrogen) atoms. The molecule has 0 aliphatic rings. The number of hydrogen-bond acceptors (Lipinski definition) is 3. The normalized spacial score (nSPS) is 11.4. The number of hydrogen-bond donors (Lipinski definition) is 2. The number of anilines is 1. The molecule has 1 amide bonds. The van der Waals surface area contributed by atoms with Gasteiger partial charge in [-0.25, -0.2) is 0 Å². The maximum Gasteiger partial charge on any atom is 0.295 e. The van der Waals surface area contributed by atoms with E-state index in [0.29, 0.717) is 22.0 Å². The third kappa shape index (κ3) is 3.70. The fraction of sp³-hybridized carbons (Fsp3) is 0.105. The molecule has 3 aromatic rings. The van der Waals surface area contributed by atoms with Gasteiger partial charge in [-0.2, -0.15) is 8.42 Å². The van der Waals surface area contributed by atoms with Crippen LogP contribution in [-0.4, -0.2) is 18.9 Å². The monoisotopic (exact) mass is 355 g/mol. The second-order valence-electron chi connectivity index (χ2n) is 5.68. The molecule has 5 nitrogen and oxygen atoms in total. The van der Waals surface area contributed by atoms with Crippen LogP contribution in [0.25, 0.3) is 10.8 Å². The predicted octanol–water partition coefficient (Wildman–Crippen LogP) is 3.90. The first-order chi connectivity index (χ1) is 11.9. The summed E-state index contributed by atoms with van der Waals surface area (Å²) in [4.78, 5) is 12.2. The van der Waals surface area contributed by atoms with Gasteiger partial charge in [0.25, 0.3) is 16.0 Å². The largest absolute Gasteiger partial charge is 0.322 e. The molecule has 0 atom stereocenters. The molecule has 6 heteroatoms. The quantitative estimate of drug-likeness (QED) is 0.695. The summed E-state index contributed by atoms with van der Waals surface area (Å²) in [5.74, 6) is -0.348. The van der Waals surface area contributed by atoms with Crippen molar-refractivity contribution < 1.29 is 17.8 Å². The molecule has 0 saturated carbocycles. The van der Waals surface area contributed by atoms with Gasteiger partial charge in [0, 0.05) is 16.6 Å². The Morgan fingerprint density at radius 3 is 2.36 bits per heavy atom. The number of carbonyl (C=O) groups excluding carboxylic acids is 1. The van der Waals surface area contributed by atoms with E-state index in [1.165, 1.54) is 6.07 Å². The molecule has 0 radical (unpaired) electrons. The van der Waals surface area contributed by atoms with Crippen LogP contribution in [0.3, 0.4) is 0 Å². The van der Waals surface area contributed by atoms with Crippen LogP contribution in [0.1, 0.15) is 22.8 Å². The second kappa shape index (κ2) is 6.66. The summed E-state index contributed by atoms with van der Waals surface area (Å²) in [6.45, 7) is 2.03. The zero-order valence-corrected chi connectivity index (χ0v) is 14.4. The van der Waals surface area contributed by atoms with E-state index in [4.69, 9.17) is 0 Å². The smallest absolute Gasteiger partial charge is 0.295 e. The van der Waals surface area contributed by atoms with Gasteiger partial charge >= 0.3 is 0 Å². The lowest BCUT2D eigenvalue weighted by molar-refractivity contribution is 0.102. The average molecular weight is 355 g/mol. The number of benzene rings is 3. The van der Waals surface area contributed by atoms with E-state index in [2.05, 4.69) is 5.32 Å². The number of nitrogens with one attached hydrogen (secondary N) is 1. The van der Waals surface area contributed by atoms with Crippen LogP contribution >= 0.6 is 0 Å². The molecule has 0 aliphatic carbocycles. The molecular formula is C19H17NO4S. The van der Waals surface area contributed by atoms with Crippen molar-refractivity contribution in [3.8, 4) is 0 Å². The molecule has 0 bridgehead atoms. The van der Waals surface area contributed by atoms with E-state index in [0.717, 1.165) is 12.0 Å². The van der Waals surface area contributed by atoms with E-state index in [1.807, 2.05) is 19.1 Å². The number of rotatable bonds is 4. The highest BCUT2D eigenvalue weighted by Crippen LogP contribution is 2.27. The van der Waals surface area contributed by atoms with Crippen molar-refractivity contribution in [1.29, 1.82) is 0 Å². The van der Waals surface area contributed by atoms with Crippen molar-refractivity contribution in [2.45, 2.75) is 18.2 Å². The number of aryl methyl sites for hydroxylation is 1. The van der Waals surface area contributed by atoms with Crippen molar-refractivity contribution in [2.24, 2.45) is 0 Å². The number of amides is 1. The van der Waals surface area contributed by atoms with Crippen molar-refractivity contribution in [1.82, 2.24) is 0 Å². The Hall–Kier alpha value is -2.70. The highest BCUT2D eigenvalue weighted by molar-refractivity contribution is 7.86. The Kier molecular flexibility index (Phi) is 4.57. The minimum atomic E-state index is -4.41.